The van der Waals surface area contributed by atoms with Crippen LogP contribution in [0.3, 0.4) is 0 Å². The molecule has 12 rings (SSSR count). The van der Waals surface area contributed by atoms with E-state index in [1.165, 1.54) is 96.7 Å². The molecule has 6 aliphatic rings. The van der Waals surface area contributed by atoms with Gasteiger partial charge < -0.3 is 39.9 Å². The molecule has 420 valence electrons. The molecule has 4 N–H and O–H groups in total. The molecule has 14 nitrogen and oxygen atoms in total. The Balaban J connectivity index is 0.809. The molecule has 2 saturated carbocycles. The van der Waals surface area contributed by atoms with Gasteiger partial charge in [0.25, 0.3) is 0 Å². The number of nitrogens with zero attached hydrogens (tertiary/aromatic N) is 4. The Morgan fingerprint density at radius 3 is 1.54 bits per heavy atom. The first-order valence-electron chi connectivity index (χ1n) is 29.9. The molecule has 81 heavy (non-hydrogen) atoms. The van der Waals surface area contributed by atoms with E-state index in [0.717, 1.165) is 68.4 Å². The number of benzene rings is 4. The van der Waals surface area contributed by atoms with Crippen LogP contribution in [0.5, 0.6) is 11.5 Å². The van der Waals surface area contributed by atoms with Crippen LogP contribution in [0, 0.1) is 34.5 Å². The summed E-state index contributed by atoms with van der Waals surface area (Å²) in [5.41, 5.74) is 12.9. The summed E-state index contributed by atoms with van der Waals surface area (Å²) >= 11 is 0. The van der Waals surface area contributed by atoms with Crippen LogP contribution in [0.25, 0.3) is 22.4 Å². The summed E-state index contributed by atoms with van der Waals surface area (Å²) in [7, 11) is 0. The molecular weight excluding hydrogens is 1010 g/mol. The number of hydrogen-bond acceptors (Lipinski definition) is 8. The zero-order valence-electron chi connectivity index (χ0n) is 47.4. The van der Waals surface area contributed by atoms with E-state index >= 15 is 0 Å². The molecule has 2 saturated heterocycles. The van der Waals surface area contributed by atoms with Gasteiger partial charge in [0, 0.05) is 24.2 Å². The Labute approximate surface area is 476 Å². The van der Waals surface area contributed by atoms with Gasteiger partial charge in [-0.3, -0.25) is 9.59 Å². The summed E-state index contributed by atoms with van der Waals surface area (Å²) in [5, 5.41) is 5.72. The van der Waals surface area contributed by atoms with Crippen LogP contribution in [0.15, 0.2) is 97.3 Å². The number of likely N-dealkylation sites (tertiary alicyclic amines) is 2. The van der Waals surface area contributed by atoms with Gasteiger partial charge in [-0.25, -0.2) is 19.6 Å². The van der Waals surface area contributed by atoms with Gasteiger partial charge in [0.1, 0.15) is 40.9 Å². The first kappa shape index (κ1) is 54.0. The number of H-pyrrole nitrogens is 2. The lowest BCUT2D eigenvalue weighted by Crippen LogP contribution is -2.51. The van der Waals surface area contributed by atoms with E-state index in [-0.39, 0.29) is 46.6 Å². The maximum absolute atomic E-state index is 14.4. The third kappa shape index (κ3) is 11.0. The van der Waals surface area contributed by atoms with Crippen molar-refractivity contribution in [3.8, 4) is 45.7 Å². The topological polar surface area (TPSA) is 175 Å². The maximum atomic E-state index is 14.4. The van der Waals surface area contributed by atoms with Crippen molar-refractivity contribution in [2.75, 3.05) is 13.1 Å². The fourth-order valence-electron chi connectivity index (χ4n) is 14.7. The van der Waals surface area contributed by atoms with E-state index in [1.807, 2.05) is 55.8 Å². The number of aromatic amines is 2. The lowest BCUT2D eigenvalue weighted by atomic mass is 9.72. The number of rotatable bonds is 12. The molecular formula is C67H76N8O6. The third-order valence-corrected chi connectivity index (χ3v) is 18.8. The van der Waals surface area contributed by atoms with Crippen LogP contribution in [0.2, 0.25) is 0 Å². The third-order valence-electron chi connectivity index (χ3n) is 18.8. The molecule has 2 aliphatic heterocycles. The average molecular weight is 1090 g/mol. The normalized spacial score (nSPS) is 20.3. The highest BCUT2D eigenvalue weighted by atomic mass is 16.6. The molecule has 0 unspecified atom stereocenters. The van der Waals surface area contributed by atoms with E-state index in [4.69, 9.17) is 19.4 Å². The Kier molecular flexibility index (Phi) is 15.1. The molecule has 4 aliphatic carbocycles. The van der Waals surface area contributed by atoms with Gasteiger partial charge >= 0.3 is 12.2 Å². The van der Waals surface area contributed by atoms with Crippen LogP contribution < -0.4 is 20.1 Å². The van der Waals surface area contributed by atoms with Crippen molar-refractivity contribution in [3.05, 3.63) is 142 Å². The number of hydrogen-bond donors (Lipinski definition) is 4. The largest absolute Gasteiger partial charge is 0.413 e. The SMILES string of the molecule is CC(C)[C@H](NC(=O)Oc1ccccc1)C(=O)N1CCC[C@H]1c1ncc(C#Cc2ccc(-c3ccc(-c4cnc([C@@H]5CCCN5C(=O)[C@@H](NC(=O)Oc5ccccc5)C(C)C)[nH]4)c4c3CC3(CCCCC3)C4)c3c2CC2(CCCC2)C3)[nH]1. The van der Waals surface area contributed by atoms with Crippen molar-refractivity contribution < 1.29 is 28.7 Å². The number of fused-ring (bicyclic) bond motifs is 2. The smallest absolute Gasteiger partial charge is 0.410 e. The number of carbonyl (C=O) groups is 4. The molecule has 0 bridgehead atoms. The Hall–Kier alpha value is -7.66. The zero-order valence-corrected chi connectivity index (χ0v) is 47.4. The van der Waals surface area contributed by atoms with E-state index in [1.54, 1.807) is 54.7 Å². The minimum absolute atomic E-state index is 0.128. The fraction of sp³-hybridized carbons (Fsp3) is 0.463. The maximum Gasteiger partial charge on any atom is 0.413 e. The fourth-order valence-corrected chi connectivity index (χ4v) is 14.7. The van der Waals surface area contributed by atoms with E-state index in [0.29, 0.717) is 36.1 Å². The van der Waals surface area contributed by atoms with Crippen molar-refractivity contribution >= 4 is 24.0 Å². The number of carbonyl (C=O) groups excluding carboxylic acids is 4. The van der Waals surface area contributed by atoms with Crippen LogP contribution in [0.4, 0.5) is 9.59 Å². The second-order valence-corrected chi connectivity index (χ2v) is 24.8. The van der Waals surface area contributed by atoms with Gasteiger partial charge in [-0.1, -0.05) is 120 Å². The Morgan fingerprint density at radius 1 is 0.543 bits per heavy atom. The highest BCUT2D eigenvalue weighted by Gasteiger charge is 2.45. The number of aromatic nitrogens is 4. The number of ether oxygens (including phenoxy) is 2. The van der Waals surface area contributed by atoms with Gasteiger partial charge in [-0.05, 0) is 169 Å². The number of imidazole rings is 2. The molecule has 4 amide bonds. The average Bonchev–Trinajstić information content (AvgIpc) is 4.39. The molecule has 4 atom stereocenters. The second kappa shape index (κ2) is 22.7. The molecule has 2 aromatic heterocycles. The van der Waals surface area contributed by atoms with Gasteiger partial charge in [-0.2, -0.15) is 0 Å². The van der Waals surface area contributed by atoms with Gasteiger partial charge in [-0.15, -0.1) is 0 Å². The quantitative estimate of drug-likeness (QED) is 0.0876. The second-order valence-electron chi connectivity index (χ2n) is 24.8. The minimum Gasteiger partial charge on any atom is -0.410 e. The van der Waals surface area contributed by atoms with Crippen molar-refractivity contribution in [2.45, 2.75) is 161 Å². The molecule has 2 spiro atoms. The highest BCUT2D eigenvalue weighted by Crippen LogP contribution is 2.55. The summed E-state index contributed by atoms with van der Waals surface area (Å²) < 4.78 is 11.0. The molecule has 4 heterocycles. The molecule has 0 radical (unpaired) electrons. The monoisotopic (exact) mass is 1090 g/mol. The zero-order chi connectivity index (χ0) is 55.8. The number of para-hydroxylation sites is 2. The van der Waals surface area contributed by atoms with Crippen LogP contribution >= 0.6 is 0 Å². The van der Waals surface area contributed by atoms with Crippen molar-refractivity contribution in [2.24, 2.45) is 22.7 Å². The Morgan fingerprint density at radius 2 is 1.00 bits per heavy atom. The van der Waals surface area contributed by atoms with Crippen LogP contribution in [-0.4, -0.2) is 78.9 Å². The molecule has 6 aromatic rings. The summed E-state index contributed by atoms with van der Waals surface area (Å²) in [6.07, 6.45) is 21.2. The predicted octanol–water partition coefficient (Wildman–Crippen LogP) is 12.5. The van der Waals surface area contributed by atoms with Gasteiger partial charge in [0.05, 0.1) is 30.2 Å². The van der Waals surface area contributed by atoms with Gasteiger partial charge in [0.2, 0.25) is 11.8 Å². The van der Waals surface area contributed by atoms with Crippen molar-refractivity contribution in [3.63, 3.8) is 0 Å². The first-order valence-corrected chi connectivity index (χ1v) is 29.9. The summed E-state index contributed by atoms with van der Waals surface area (Å²) in [6, 6.07) is 25.1. The van der Waals surface area contributed by atoms with Crippen molar-refractivity contribution in [1.82, 2.24) is 40.4 Å². The minimum atomic E-state index is -0.760. The van der Waals surface area contributed by atoms with E-state index in [2.05, 4.69) is 56.7 Å². The van der Waals surface area contributed by atoms with Crippen molar-refractivity contribution in [1.29, 1.82) is 0 Å². The first-order chi connectivity index (χ1) is 39.3. The summed E-state index contributed by atoms with van der Waals surface area (Å²) in [4.78, 5) is 75.4. The number of nitrogens with one attached hydrogen (secondary N) is 4. The lowest BCUT2D eigenvalue weighted by molar-refractivity contribution is -0.136. The van der Waals surface area contributed by atoms with Gasteiger partial charge in [0.15, 0.2) is 0 Å². The Bertz CT molecular complexity index is 3380. The summed E-state index contributed by atoms with van der Waals surface area (Å²) in [5.74, 6) is 8.82. The lowest BCUT2D eigenvalue weighted by Gasteiger charge is -2.33. The molecule has 14 heteroatoms. The summed E-state index contributed by atoms with van der Waals surface area (Å²) in [6.45, 7) is 8.91. The van der Waals surface area contributed by atoms with Crippen LogP contribution in [-0.2, 0) is 35.3 Å². The highest BCUT2D eigenvalue weighted by molar-refractivity contribution is 5.88. The van der Waals surface area contributed by atoms with E-state index < -0.39 is 24.3 Å². The molecule has 4 fully saturated rings. The molecule has 4 aromatic carbocycles. The predicted molar refractivity (Wildman–Crippen MR) is 311 cm³/mol. The van der Waals surface area contributed by atoms with Crippen LogP contribution in [0.1, 0.15) is 168 Å². The number of amides is 4. The van der Waals surface area contributed by atoms with E-state index in [9.17, 15) is 19.2 Å². The standard InChI is InChI=1S/C67H76N8O6/c1-42(2)58(72-64(78)80-46-18-8-5-9-19-46)62(76)74-34-16-22-56(74)60-68-40-45(70-60)26-24-44-25-27-48(52-37-66(36-51(44)52)32-14-15-33-66)49-28-29-50(54-39-67(38-53(49)54)30-12-7-13-31-67)55-41-69-61(71-55)57-23-17-35-75(57)63(77)59(43(3)4)73-65(79)81-47-20-10-6-11-21-47/h5-6,8-11,18-21,25,27-29,40-43,56-59H,7,12-17,22-23,30-39H2,1-4H3,(H,68,70)(H,69,71)(H,72,78)(H,73,79)/t56-,57-,58-,59-/m0/s1.